The average Bonchev–Trinajstić information content (AvgIpc) is 2.59. The smallest absolute Gasteiger partial charge is 0.326 e. The van der Waals surface area contributed by atoms with Gasteiger partial charge in [0.25, 0.3) is 0 Å². The number of guanidine groups is 1. The van der Waals surface area contributed by atoms with E-state index in [4.69, 9.17) is 17.2 Å². The number of hydrogen-bond donors (Lipinski definition) is 18. The number of aliphatic hydroxyl groups excluding tert-OH is 2. The summed E-state index contributed by atoms with van der Waals surface area (Å²) in [5.74, 6) is -12.3. The molecular weight excluding hydrogens is 1120 g/mol. The molecule has 0 unspecified atom stereocenters. The zero-order valence-electron chi connectivity index (χ0n) is 49.4. The van der Waals surface area contributed by atoms with E-state index in [2.05, 4.69) is 67.8 Å². The molecule has 0 bridgehead atoms. The number of carboxylic acid groups (broad SMARTS) is 2. The number of carboxylic acids is 2. The Morgan fingerprint density at radius 1 is 0.593 bits per heavy atom. The highest BCUT2D eigenvalue weighted by atomic mass is 16.4. The second-order valence-electron chi connectivity index (χ2n) is 21.8. The normalized spacial score (nSPS) is 15.1. The van der Waals surface area contributed by atoms with Crippen molar-refractivity contribution in [2.45, 2.75) is 167 Å². The molecule has 0 radical (unpaired) electrons. The standard InChI is InChI=1S/C55H86N16O15/c1-8-29(6)44(71-46(77)34(56)13-11-17-60-55(57)58)53(84)67-39(21-32-23-59-26-62-32)50(81)66-38(20-31-22-61-35-14-10-9-12-33(31)35)49(80)64-36(15-16-43(74)75)47(78)70-41(24-72)51(82)63-30(7)45(76)69-42(25-73)52(83)65-37(18-27(2)3)48(79)68-40(54(85)86)19-28(4)5/h9-10,12,14,22-23,26-30,34,36-42,44,61,72-73H,8,11,13,15-21,24-25,56H2,1-7H3,(H,59,62)(H,63,82)(H,64,80)(H,65,83)(H,66,81)(H,67,84)(H,68,79)(H,69,76)(H,70,78)(H,71,77)(H,74,75)(H,85,86)(H4,57,58,60)/t29-,30-,34-,36-,37-,38-,39-,40-,41-,42-,44-/m0/s1. The van der Waals surface area contributed by atoms with Crippen molar-refractivity contribution >= 4 is 82.0 Å². The molecule has 0 aliphatic carbocycles. The number of amides is 9. The Hall–Kier alpha value is -8.71. The van der Waals surface area contributed by atoms with E-state index in [1.54, 1.807) is 72.0 Å². The van der Waals surface area contributed by atoms with E-state index < -0.39 is 157 Å². The minimum absolute atomic E-state index is 0.0445. The van der Waals surface area contributed by atoms with Gasteiger partial charge in [-0.3, -0.25) is 52.9 Å². The maximum absolute atomic E-state index is 14.6. The molecule has 3 aromatic rings. The largest absolute Gasteiger partial charge is 0.481 e. The van der Waals surface area contributed by atoms with Gasteiger partial charge in [-0.15, -0.1) is 0 Å². The number of rotatable bonds is 38. The van der Waals surface area contributed by atoms with Crippen LogP contribution in [0.25, 0.3) is 10.9 Å². The number of imidazole rings is 1. The van der Waals surface area contributed by atoms with Gasteiger partial charge in [-0.2, -0.15) is 0 Å². The number of carbonyl (C=O) groups excluding carboxylic acids is 9. The number of aliphatic carboxylic acids is 2. The van der Waals surface area contributed by atoms with Crippen LogP contribution >= 0.6 is 0 Å². The Balaban J connectivity index is 1.88. The van der Waals surface area contributed by atoms with Crippen molar-refractivity contribution in [2.75, 3.05) is 19.8 Å². The van der Waals surface area contributed by atoms with Crippen LogP contribution in [0.1, 0.15) is 105 Å². The van der Waals surface area contributed by atoms with Gasteiger partial charge in [-0.25, -0.2) is 9.78 Å². The van der Waals surface area contributed by atoms with Crippen molar-refractivity contribution in [2.24, 2.45) is 39.9 Å². The Labute approximate surface area is 497 Å². The molecule has 31 nitrogen and oxygen atoms in total. The monoisotopic (exact) mass is 1210 g/mol. The van der Waals surface area contributed by atoms with Crippen LogP contribution in [-0.2, 0) is 65.6 Å². The number of nitrogens with one attached hydrogen (secondary N) is 11. The minimum Gasteiger partial charge on any atom is -0.481 e. The van der Waals surface area contributed by atoms with Gasteiger partial charge in [-0.05, 0) is 68.4 Å². The predicted octanol–water partition coefficient (Wildman–Crippen LogP) is -3.49. The third-order valence-corrected chi connectivity index (χ3v) is 13.8. The number of hydrogen-bond acceptors (Lipinski definition) is 16. The summed E-state index contributed by atoms with van der Waals surface area (Å²) in [6.45, 7) is 9.77. The highest BCUT2D eigenvalue weighted by Gasteiger charge is 2.37. The first kappa shape index (κ1) is 71.6. The van der Waals surface area contributed by atoms with Crippen molar-refractivity contribution in [3.63, 3.8) is 0 Å². The van der Waals surface area contributed by atoms with Gasteiger partial charge < -0.3 is 95.4 Å². The summed E-state index contributed by atoms with van der Waals surface area (Å²) in [5.41, 5.74) is 18.5. The van der Waals surface area contributed by atoms with Gasteiger partial charge in [0.1, 0.15) is 54.4 Å². The average molecular weight is 1210 g/mol. The lowest BCUT2D eigenvalue weighted by atomic mass is 9.96. The molecule has 0 fully saturated rings. The fourth-order valence-corrected chi connectivity index (χ4v) is 8.79. The van der Waals surface area contributed by atoms with Crippen molar-refractivity contribution < 1.29 is 73.2 Å². The maximum Gasteiger partial charge on any atom is 0.326 e. The first-order valence-electron chi connectivity index (χ1n) is 28.3. The summed E-state index contributed by atoms with van der Waals surface area (Å²) in [6.07, 6.45) is 3.59. The fraction of sp³-hybridized carbons (Fsp3) is 0.582. The van der Waals surface area contributed by atoms with E-state index in [-0.39, 0.29) is 56.4 Å². The predicted molar refractivity (Wildman–Crippen MR) is 312 cm³/mol. The fourth-order valence-electron chi connectivity index (χ4n) is 8.79. The summed E-state index contributed by atoms with van der Waals surface area (Å²) < 4.78 is 0. The third-order valence-electron chi connectivity index (χ3n) is 13.8. The summed E-state index contributed by atoms with van der Waals surface area (Å²) in [6, 6.07) is -7.71. The Morgan fingerprint density at radius 3 is 1.67 bits per heavy atom. The molecule has 11 atom stereocenters. The number of nitrogens with zero attached hydrogens (tertiary/aromatic N) is 2. The van der Waals surface area contributed by atoms with E-state index in [1.807, 2.05) is 0 Å². The van der Waals surface area contributed by atoms with Crippen LogP contribution in [0.2, 0.25) is 0 Å². The summed E-state index contributed by atoms with van der Waals surface area (Å²) >= 11 is 0. The SMILES string of the molecule is CC[C@H](C)[C@H](NC(=O)[C@@H](N)CCCN=C(N)N)C(=O)N[C@@H](Cc1cnc[nH]1)C(=O)N[C@@H](Cc1c[nH]c2ccccc12)C(=O)N[C@@H](CCC(=O)O)C(=O)N[C@@H](CO)C(=O)N[C@@H](C)C(=O)N[C@@H](CO)C(=O)N[C@@H](CC(C)C)C(=O)N[C@@H](CC(C)C)C(=O)O. The Morgan fingerprint density at radius 2 is 1.10 bits per heavy atom. The number of nitrogens with two attached hydrogens (primary N) is 3. The number of aromatic nitrogens is 3. The lowest BCUT2D eigenvalue weighted by Gasteiger charge is -2.29. The minimum atomic E-state index is -1.86. The molecule has 0 aliphatic rings. The number of H-pyrrole nitrogens is 2. The topological polar surface area (TPSA) is 512 Å². The van der Waals surface area contributed by atoms with Crippen LogP contribution in [0.5, 0.6) is 0 Å². The first-order valence-corrected chi connectivity index (χ1v) is 28.3. The van der Waals surface area contributed by atoms with E-state index in [0.29, 0.717) is 35.0 Å². The number of fused-ring (bicyclic) bond motifs is 1. The third kappa shape index (κ3) is 23.7. The van der Waals surface area contributed by atoms with E-state index in [0.717, 1.165) is 6.92 Å². The quantitative estimate of drug-likeness (QED) is 0.0150. The van der Waals surface area contributed by atoms with Crippen LogP contribution in [0.15, 0.2) is 48.0 Å². The van der Waals surface area contributed by atoms with Gasteiger partial charge in [-0.1, -0.05) is 66.2 Å². The number of carbonyl (C=O) groups is 11. The Bertz CT molecular complexity index is 2800. The lowest BCUT2D eigenvalue weighted by Crippen LogP contribution is -2.61. The molecular formula is C55H86N16O15. The molecule has 0 spiro atoms. The molecule has 31 heteroatoms. The number of aliphatic imine (C=N–C) groups is 1. The van der Waals surface area contributed by atoms with Gasteiger partial charge in [0.2, 0.25) is 53.2 Å². The molecule has 2 aromatic heterocycles. The van der Waals surface area contributed by atoms with E-state index >= 15 is 0 Å². The highest BCUT2D eigenvalue weighted by molar-refractivity contribution is 5.99. The van der Waals surface area contributed by atoms with Crippen molar-refractivity contribution in [3.05, 3.63) is 54.2 Å². The highest BCUT2D eigenvalue weighted by Crippen LogP contribution is 2.20. The number of aromatic amines is 2. The van der Waals surface area contributed by atoms with Gasteiger partial charge in [0.05, 0.1) is 25.6 Å². The molecule has 476 valence electrons. The molecule has 2 heterocycles. The van der Waals surface area contributed by atoms with E-state index in [1.165, 1.54) is 12.5 Å². The van der Waals surface area contributed by atoms with Crippen LogP contribution in [-0.4, -0.2) is 187 Å². The Kier molecular flexibility index (Phi) is 29.6. The second kappa shape index (κ2) is 35.6. The summed E-state index contributed by atoms with van der Waals surface area (Å²) in [7, 11) is 0. The maximum atomic E-state index is 14.6. The lowest BCUT2D eigenvalue weighted by molar-refractivity contribution is -0.143. The molecule has 0 saturated heterocycles. The van der Waals surface area contributed by atoms with Crippen molar-refractivity contribution in [1.82, 2.24) is 62.8 Å². The van der Waals surface area contributed by atoms with Crippen LogP contribution in [0.4, 0.5) is 0 Å². The van der Waals surface area contributed by atoms with Gasteiger partial charge in [0, 0.05) is 54.8 Å². The first-order chi connectivity index (χ1) is 40.6. The zero-order valence-corrected chi connectivity index (χ0v) is 49.4. The van der Waals surface area contributed by atoms with E-state index in [9.17, 15) is 73.2 Å². The molecule has 21 N–H and O–H groups in total. The molecule has 3 rings (SSSR count). The van der Waals surface area contributed by atoms with Gasteiger partial charge in [0.15, 0.2) is 5.96 Å². The number of benzene rings is 1. The molecule has 86 heavy (non-hydrogen) atoms. The van der Waals surface area contributed by atoms with Crippen LogP contribution in [0.3, 0.4) is 0 Å². The molecule has 0 aliphatic heterocycles. The molecule has 1 aromatic carbocycles. The van der Waals surface area contributed by atoms with Crippen molar-refractivity contribution in [1.29, 1.82) is 0 Å². The summed E-state index contributed by atoms with van der Waals surface area (Å²) in [5, 5.41) is 62.6. The molecule has 9 amide bonds. The van der Waals surface area contributed by atoms with Gasteiger partial charge >= 0.3 is 11.9 Å². The van der Waals surface area contributed by atoms with Crippen LogP contribution in [0, 0.1) is 17.8 Å². The summed E-state index contributed by atoms with van der Waals surface area (Å²) in [4.78, 5) is 162. The van der Waals surface area contributed by atoms with Crippen LogP contribution < -0.4 is 65.1 Å². The van der Waals surface area contributed by atoms with Crippen molar-refractivity contribution in [3.8, 4) is 0 Å². The zero-order chi connectivity index (χ0) is 64.4. The number of aliphatic hydroxyl groups is 2. The molecule has 0 saturated carbocycles. The second-order valence-corrected chi connectivity index (χ2v) is 21.8. The number of para-hydroxylation sites is 1.